The van der Waals surface area contributed by atoms with E-state index < -0.39 is 12.0 Å². The zero-order valence-electron chi connectivity index (χ0n) is 18.4. The number of nitrogens with one attached hydrogen (secondary N) is 1. The van der Waals surface area contributed by atoms with E-state index in [0.717, 1.165) is 22.4 Å². The highest BCUT2D eigenvalue weighted by Gasteiger charge is 2.28. The molecule has 0 saturated carbocycles. The van der Waals surface area contributed by atoms with Crippen LogP contribution in [0.4, 0.5) is 0 Å². The van der Waals surface area contributed by atoms with Gasteiger partial charge in [0.15, 0.2) is 0 Å². The minimum Gasteiger partial charge on any atom is -0.497 e. The van der Waals surface area contributed by atoms with E-state index in [1.807, 2.05) is 84.9 Å². The van der Waals surface area contributed by atoms with Gasteiger partial charge in [-0.3, -0.25) is 10.6 Å². The molecule has 4 N–H and O–H groups in total. The Hall–Kier alpha value is -3.19. The zero-order chi connectivity index (χ0) is 22.8. The minimum atomic E-state index is -0.922. The number of amides is 1. The van der Waals surface area contributed by atoms with Crippen LogP contribution in [0.1, 0.15) is 16.7 Å². The molecule has 0 aromatic heterocycles. The molecule has 3 rings (SSSR count). The molecule has 2 unspecified atom stereocenters. The van der Waals surface area contributed by atoms with Crippen LogP contribution in [0.15, 0.2) is 84.9 Å². The summed E-state index contributed by atoms with van der Waals surface area (Å²) in [5.41, 5.74) is 2.99. The Balaban J connectivity index is 1.64. The molecule has 6 heteroatoms. The van der Waals surface area contributed by atoms with Gasteiger partial charge in [-0.15, -0.1) is 0 Å². The van der Waals surface area contributed by atoms with E-state index in [1.54, 1.807) is 7.11 Å². The quantitative estimate of drug-likeness (QED) is 0.320. The number of ether oxygens (including phenoxy) is 1. The number of carbonyl (C=O) groups excluding carboxylic acids is 1. The van der Waals surface area contributed by atoms with Gasteiger partial charge >= 0.3 is 0 Å². The molecule has 0 bridgehead atoms. The maximum atomic E-state index is 13.0. The van der Waals surface area contributed by atoms with Gasteiger partial charge in [-0.2, -0.15) is 0 Å². The number of benzene rings is 3. The fourth-order valence-corrected chi connectivity index (χ4v) is 3.59. The fraction of sp³-hybridized carbons (Fsp3) is 0.269. The van der Waals surface area contributed by atoms with E-state index in [2.05, 4.69) is 5.32 Å². The number of hydrogen-bond acceptors (Lipinski definition) is 5. The lowest BCUT2D eigenvalue weighted by Gasteiger charge is -2.26. The van der Waals surface area contributed by atoms with Crippen LogP contribution in [0, 0.1) is 5.92 Å². The Morgan fingerprint density at radius 1 is 0.938 bits per heavy atom. The van der Waals surface area contributed by atoms with Crippen LogP contribution in [0.3, 0.4) is 0 Å². The summed E-state index contributed by atoms with van der Waals surface area (Å²) in [5.74, 6) is 6.14. The number of hydrazine groups is 1. The second kappa shape index (κ2) is 12.0. The first kappa shape index (κ1) is 23.5. The second-order valence-electron chi connectivity index (χ2n) is 7.84. The lowest BCUT2D eigenvalue weighted by atomic mass is 9.92. The van der Waals surface area contributed by atoms with Crippen molar-refractivity contribution in [2.24, 2.45) is 11.8 Å². The van der Waals surface area contributed by atoms with Gasteiger partial charge in [0, 0.05) is 19.6 Å². The van der Waals surface area contributed by atoms with Crippen LogP contribution in [0.5, 0.6) is 5.75 Å². The van der Waals surface area contributed by atoms with Crippen LogP contribution < -0.4 is 15.9 Å². The molecular formula is C26H31N3O3. The molecule has 0 radical (unpaired) electrons. The highest BCUT2D eigenvalue weighted by atomic mass is 16.5. The Labute approximate surface area is 189 Å². The van der Waals surface area contributed by atoms with Crippen molar-refractivity contribution in [1.82, 2.24) is 10.3 Å². The SMILES string of the molecule is COc1ccc(CN(N)CC(O)C(Cc2ccccc2)C(=O)NCc2ccccc2)cc1. The summed E-state index contributed by atoms with van der Waals surface area (Å²) >= 11 is 0. The van der Waals surface area contributed by atoms with Crippen LogP contribution in [-0.2, 0) is 24.3 Å². The third-order valence-corrected chi connectivity index (χ3v) is 5.38. The highest BCUT2D eigenvalue weighted by molar-refractivity contribution is 5.79. The number of aliphatic hydroxyl groups is 1. The number of nitrogens with zero attached hydrogens (tertiary/aromatic N) is 1. The summed E-state index contributed by atoms with van der Waals surface area (Å²) in [6.45, 7) is 1.03. The molecule has 6 nitrogen and oxygen atoms in total. The summed E-state index contributed by atoms with van der Waals surface area (Å²) in [5, 5.41) is 15.5. The van der Waals surface area contributed by atoms with Crippen LogP contribution in [-0.4, -0.2) is 35.8 Å². The number of hydrogen-bond donors (Lipinski definition) is 3. The number of rotatable bonds is 11. The zero-order valence-corrected chi connectivity index (χ0v) is 18.4. The van der Waals surface area contributed by atoms with Crippen LogP contribution in [0.2, 0.25) is 0 Å². The summed E-state index contributed by atoms with van der Waals surface area (Å²) in [4.78, 5) is 13.0. The van der Waals surface area contributed by atoms with Gasteiger partial charge in [0.05, 0.1) is 19.1 Å². The van der Waals surface area contributed by atoms with E-state index in [-0.39, 0.29) is 12.5 Å². The summed E-state index contributed by atoms with van der Waals surface area (Å²) in [7, 11) is 1.62. The summed E-state index contributed by atoms with van der Waals surface area (Å²) < 4.78 is 5.18. The first-order chi connectivity index (χ1) is 15.5. The average Bonchev–Trinajstić information content (AvgIpc) is 2.82. The largest absolute Gasteiger partial charge is 0.497 e. The van der Waals surface area contributed by atoms with E-state index in [4.69, 9.17) is 10.6 Å². The van der Waals surface area contributed by atoms with Gasteiger partial charge in [-0.05, 0) is 35.2 Å². The monoisotopic (exact) mass is 433 g/mol. The molecule has 0 heterocycles. The smallest absolute Gasteiger partial charge is 0.226 e. The second-order valence-corrected chi connectivity index (χ2v) is 7.84. The molecule has 168 valence electrons. The van der Waals surface area contributed by atoms with Gasteiger partial charge in [0.1, 0.15) is 5.75 Å². The molecule has 0 saturated heterocycles. The van der Waals surface area contributed by atoms with Crippen molar-refractivity contribution >= 4 is 5.91 Å². The predicted molar refractivity (Wildman–Crippen MR) is 126 cm³/mol. The molecule has 1 amide bonds. The number of aliphatic hydroxyl groups excluding tert-OH is 1. The van der Waals surface area contributed by atoms with Gasteiger partial charge in [-0.1, -0.05) is 72.8 Å². The predicted octanol–water partition coefficient (Wildman–Crippen LogP) is 2.91. The minimum absolute atomic E-state index is 0.169. The van der Waals surface area contributed by atoms with E-state index in [0.29, 0.717) is 19.5 Å². The molecule has 0 aliphatic rings. The molecule has 32 heavy (non-hydrogen) atoms. The van der Waals surface area contributed by atoms with Gasteiger partial charge in [-0.25, -0.2) is 5.01 Å². The molecule has 2 atom stereocenters. The van der Waals surface area contributed by atoms with Gasteiger partial charge in [0.2, 0.25) is 5.91 Å². The molecular weight excluding hydrogens is 402 g/mol. The number of carbonyl (C=O) groups is 1. The lowest BCUT2D eigenvalue weighted by Crippen LogP contribution is -2.46. The third kappa shape index (κ3) is 7.20. The van der Waals surface area contributed by atoms with Crippen molar-refractivity contribution in [1.29, 1.82) is 0 Å². The van der Waals surface area contributed by atoms with Gasteiger partial charge < -0.3 is 15.2 Å². The maximum Gasteiger partial charge on any atom is 0.226 e. The third-order valence-electron chi connectivity index (χ3n) is 5.38. The standard InChI is InChI=1S/C26H31N3O3/c1-32-23-14-12-22(13-15-23)18-29(27)19-25(30)24(16-20-8-4-2-5-9-20)26(31)28-17-21-10-6-3-7-11-21/h2-15,24-25,30H,16-19,27H2,1H3,(H,28,31). The lowest BCUT2D eigenvalue weighted by molar-refractivity contribution is -0.129. The van der Waals surface area contributed by atoms with E-state index in [9.17, 15) is 9.90 Å². The Morgan fingerprint density at radius 2 is 1.53 bits per heavy atom. The first-order valence-electron chi connectivity index (χ1n) is 10.7. The first-order valence-corrected chi connectivity index (χ1v) is 10.7. The number of methoxy groups -OCH3 is 1. The Morgan fingerprint density at radius 3 is 2.12 bits per heavy atom. The molecule has 0 spiro atoms. The highest BCUT2D eigenvalue weighted by Crippen LogP contribution is 2.16. The van der Waals surface area contributed by atoms with Crippen molar-refractivity contribution in [2.45, 2.75) is 25.6 Å². The Kier molecular flexibility index (Phi) is 8.80. The normalized spacial score (nSPS) is 12.9. The molecule has 3 aromatic rings. The van der Waals surface area contributed by atoms with Crippen LogP contribution in [0.25, 0.3) is 0 Å². The number of nitrogens with two attached hydrogens (primary N) is 1. The fourth-order valence-electron chi connectivity index (χ4n) is 3.59. The van der Waals surface area contributed by atoms with Crippen molar-refractivity contribution in [3.63, 3.8) is 0 Å². The van der Waals surface area contributed by atoms with E-state index >= 15 is 0 Å². The summed E-state index contributed by atoms with van der Waals surface area (Å²) in [6, 6.07) is 27.0. The molecule has 3 aromatic carbocycles. The molecule has 0 aliphatic carbocycles. The van der Waals surface area contributed by atoms with Crippen molar-refractivity contribution in [3.05, 3.63) is 102 Å². The maximum absolute atomic E-state index is 13.0. The van der Waals surface area contributed by atoms with Crippen LogP contribution >= 0.6 is 0 Å². The van der Waals surface area contributed by atoms with Crippen molar-refractivity contribution in [2.75, 3.05) is 13.7 Å². The van der Waals surface area contributed by atoms with E-state index in [1.165, 1.54) is 5.01 Å². The average molecular weight is 434 g/mol. The summed E-state index contributed by atoms with van der Waals surface area (Å²) in [6.07, 6.45) is -0.492. The van der Waals surface area contributed by atoms with Crippen molar-refractivity contribution < 1.29 is 14.6 Å². The molecule has 0 fully saturated rings. The Bertz CT molecular complexity index is 949. The molecule has 0 aliphatic heterocycles. The van der Waals surface area contributed by atoms with Gasteiger partial charge in [0.25, 0.3) is 0 Å². The van der Waals surface area contributed by atoms with Crippen molar-refractivity contribution in [3.8, 4) is 5.75 Å². The topological polar surface area (TPSA) is 87.8 Å².